The van der Waals surface area contributed by atoms with Crippen LogP contribution in [0.2, 0.25) is 0 Å². The molecule has 0 amide bonds. The Bertz CT molecular complexity index is 854. The number of ether oxygens (including phenoxy) is 2. The molecule has 33 heavy (non-hydrogen) atoms. The topological polar surface area (TPSA) is 142 Å². The Morgan fingerprint density at radius 1 is 0.848 bits per heavy atom. The first-order valence-electron chi connectivity index (χ1n) is 11.1. The van der Waals surface area contributed by atoms with E-state index in [2.05, 4.69) is 0 Å². The zero-order valence-electron chi connectivity index (χ0n) is 21.7. The Labute approximate surface area is 197 Å². The van der Waals surface area contributed by atoms with E-state index in [1.807, 2.05) is 13.8 Å². The average Bonchev–Trinajstić information content (AvgIpc) is 2.66. The first-order chi connectivity index (χ1) is 14.6. The summed E-state index contributed by atoms with van der Waals surface area (Å²) >= 11 is 0. The van der Waals surface area contributed by atoms with Crippen molar-refractivity contribution in [1.82, 2.24) is 0 Å². The third-order valence-electron chi connectivity index (χ3n) is 8.27. The third-order valence-corrected chi connectivity index (χ3v) is 8.27. The molecule has 6 N–H and O–H groups in total. The molecule has 0 radical (unpaired) electrons. The molecule has 0 saturated carbocycles. The van der Waals surface area contributed by atoms with Gasteiger partial charge in [-0.15, -0.1) is 0 Å². The molecule has 0 saturated heterocycles. The minimum atomic E-state index is -1.45. The predicted molar refractivity (Wildman–Crippen MR) is 127 cm³/mol. The Hall–Kier alpha value is -1.87. The van der Waals surface area contributed by atoms with Gasteiger partial charge in [0.1, 0.15) is 22.7 Å². The summed E-state index contributed by atoms with van der Waals surface area (Å²) in [7, 11) is 0. The summed E-state index contributed by atoms with van der Waals surface area (Å²) in [4.78, 5) is 13.0. The van der Waals surface area contributed by atoms with Crippen LogP contribution in [0.4, 0.5) is 0 Å². The number of nitrogens with two attached hydrogens (primary N) is 1. The Morgan fingerprint density at radius 2 is 1.36 bits per heavy atom. The highest BCUT2D eigenvalue weighted by atomic mass is 16.6. The number of benzene rings is 1. The lowest BCUT2D eigenvalue weighted by molar-refractivity contribution is -0.162. The third kappa shape index (κ3) is 5.45. The summed E-state index contributed by atoms with van der Waals surface area (Å²) in [6.07, 6.45) is 0. The van der Waals surface area contributed by atoms with Gasteiger partial charge in [0.05, 0.1) is 24.4 Å². The van der Waals surface area contributed by atoms with Crippen molar-refractivity contribution in [3.8, 4) is 11.5 Å². The van der Waals surface area contributed by atoms with E-state index in [0.29, 0.717) is 0 Å². The first-order valence-corrected chi connectivity index (χ1v) is 11.1. The van der Waals surface area contributed by atoms with Crippen molar-refractivity contribution in [2.45, 2.75) is 91.6 Å². The zero-order valence-corrected chi connectivity index (χ0v) is 21.7. The summed E-state index contributed by atoms with van der Waals surface area (Å²) < 4.78 is 11.9. The number of aliphatic hydroxyl groups excluding tert-OH is 2. The lowest BCUT2D eigenvalue weighted by Gasteiger charge is -2.50. The maximum Gasteiger partial charge on any atom is 0.338 e. The van der Waals surface area contributed by atoms with Crippen LogP contribution in [-0.2, 0) is 4.74 Å². The summed E-state index contributed by atoms with van der Waals surface area (Å²) in [6.45, 7) is 16.5. The Morgan fingerprint density at radius 3 is 1.82 bits per heavy atom. The molecule has 0 aliphatic heterocycles. The van der Waals surface area contributed by atoms with E-state index in [1.54, 1.807) is 48.5 Å². The molecule has 0 aliphatic carbocycles. The number of hydrogen-bond donors (Lipinski definition) is 5. The predicted octanol–water partition coefficient (Wildman–Crippen LogP) is 2.99. The number of phenols is 1. The maximum atomic E-state index is 13.0. The molecule has 0 aromatic heterocycles. The second kappa shape index (κ2) is 9.06. The van der Waals surface area contributed by atoms with Crippen molar-refractivity contribution in [2.75, 3.05) is 13.2 Å². The van der Waals surface area contributed by atoms with Gasteiger partial charge in [-0.2, -0.15) is 0 Å². The van der Waals surface area contributed by atoms with Gasteiger partial charge >= 0.3 is 5.97 Å². The van der Waals surface area contributed by atoms with E-state index >= 15 is 0 Å². The van der Waals surface area contributed by atoms with Crippen LogP contribution >= 0.6 is 0 Å². The van der Waals surface area contributed by atoms with E-state index in [9.17, 15) is 25.2 Å². The zero-order chi connectivity index (χ0) is 26.3. The van der Waals surface area contributed by atoms with Crippen LogP contribution in [0, 0.1) is 10.8 Å². The second-order valence-electron chi connectivity index (χ2n) is 11.5. The summed E-state index contributed by atoms with van der Waals surface area (Å²) in [5.41, 5.74) is 0.0669. The van der Waals surface area contributed by atoms with Crippen molar-refractivity contribution in [3.05, 3.63) is 23.8 Å². The molecule has 1 aromatic carbocycles. The molecule has 1 rings (SSSR count). The average molecular weight is 470 g/mol. The second-order valence-corrected chi connectivity index (χ2v) is 11.5. The van der Waals surface area contributed by atoms with Gasteiger partial charge in [0.15, 0.2) is 0 Å². The molecular weight excluding hydrogens is 426 g/mol. The number of esters is 1. The molecule has 0 heterocycles. The molecular formula is C25H43NO7. The number of phenolic OH excluding ortho intramolecular Hbond substituents is 1. The van der Waals surface area contributed by atoms with E-state index < -0.39 is 45.7 Å². The quantitative estimate of drug-likeness (QED) is 0.329. The summed E-state index contributed by atoms with van der Waals surface area (Å²) in [5.74, 6) is -0.690. The highest BCUT2D eigenvalue weighted by Gasteiger charge is 2.52. The minimum absolute atomic E-state index is 0.0686. The number of rotatable bonds is 10. The molecule has 2 unspecified atom stereocenters. The van der Waals surface area contributed by atoms with Gasteiger partial charge in [-0.05, 0) is 53.7 Å². The van der Waals surface area contributed by atoms with Gasteiger partial charge in [0, 0.05) is 22.4 Å². The fourth-order valence-corrected chi connectivity index (χ4v) is 3.33. The molecule has 0 spiro atoms. The SMILES string of the molecule is CC(N)(CO)C(C)(C)C(C)(C)OC(=O)c1cc(O)cc(OC(C)(C)C(C)(C)C(C)(O)CO)c1. The first kappa shape index (κ1) is 29.2. The molecule has 0 fully saturated rings. The highest BCUT2D eigenvalue weighted by molar-refractivity contribution is 5.90. The number of aromatic hydroxyl groups is 1. The molecule has 0 bridgehead atoms. The molecule has 2 atom stereocenters. The Kier molecular flexibility index (Phi) is 8.00. The number of carbonyl (C=O) groups excluding carboxylic acids is 1. The fourth-order valence-electron chi connectivity index (χ4n) is 3.33. The standard InChI is InChI=1S/C25H43NO7/c1-20(2,24(9,26)14-27)22(5,6)33-19(30)16-11-17(29)13-18(12-16)32-23(7,8)21(3,4)25(10,31)15-28/h11-13,27-29,31H,14-15,26H2,1-10H3. The van der Waals surface area contributed by atoms with Gasteiger partial charge in [-0.1, -0.05) is 27.7 Å². The van der Waals surface area contributed by atoms with E-state index in [-0.39, 0.29) is 23.7 Å². The van der Waals surface area contributed by atoms with Crippen LogP contribution < -0.4 is 10.5 Å². The smallest absolute Gasteiger partial charge is 0.338 e. The summed E-state index contributed by atoms with van der Waals surface area (Å²) in [6, 6.07) is 4.08. The van der Waals surface area contributed by atoms with Gasteiger partial charge in [0.25, 0.3) is 0 Å². The molecule has 8 heteroatoms. The van der Waals surface area contributed by atoms with Crippen molar-refractivity contribution < 1.29 is 34.7 Å². The van der Waals surface area contributed by atoms with Gasteiger partial charge in [0.2, 0.25) is 0 Å². The molecule has 190 valence electrons. The van der Waals surface area contributed by atoms with Crippen LogP contribution in [0.5, 0.6) is 11.5 Å². The lowest BCUT2D eigenvalue weighted by Crippen LogP contribution is -2.63. The van der Waals surface area contributed by atoms with E-state index in [1.165, 1.54) is 25.1 Å². The normalized spacial score (nSPS) is 17.2. The maximum absolute atomic E-state index is 13.0. The Balaban J connectivity index is 3.28. The number of hydrogen-bond acceptors (Lipinski definition) is 8. The molecule has 0 aliphatic rings. The van der Waals surface area contributed by atoms with Crippen LogP contribution in [0.15, 0.2) is 18.2 Å². The lowest BCUT2D eigenvalue weighted by atomic mass is 9.64. The van der Waals surface area contributed by atoms with Crippen molar-refractivity contribution >= 4 is 5.97 Å². The number of aliphatic hydroxyl groups is 3. The van der Waals surface area contributed by atoms with Crippen molar-refractivity contribution in [2.24, 2.45) is 16.6 Å². The van der Waals surface area contributed by atoms with E-state index in [0.717, 1.165) is 0 Å². The molecule has 1 aromatic rings. The molecule has 8 nitrogen and oxygen atoms in total. The van der Waals surface area contributed by atoms with Crippen molar-refractivity contribution in [3.63, 3.8) is 0 Å². The van der Waals surface area contributed by atoms with Gasteiger partial charge in [-0.25, -0.2) is 4.79 Å². The monoisotopic (exact) mass is 469 g/mol. The van der Waals surface area contributed by atoms with Crippen LogP contribution in [0.3, 0.4) is 0 Å². The highest BCUT2D eigenvalue weighted by Crippen LogP contribution is 2.44. The summed E-state index contributed by atoms with van der Waals surface area (Å²) in [5, 5.41) is 40.3. The van der Waals surface area contributed by atoms with Crippen LogP contribution in [0.25, 0.3) is 0 Å². The van der Waals surface area contributed by atoms with E-state index in [4.69, 9.17) is 15.2 Å². The van der Waals surface area contributed by atoms with Crippen molar-refractivity contribution in [1.29, 1.82) is 0 Å². The van der Waals surface area contributed by atoms with Crippen LogP contribution in [0.1, 0.15) is 79.6 Å². The number of carbonyl (C=O) groups is 1. The fraction of sp³-hybridized carbons (Fsp3) is 0.720. The van der Waals surface area contributed by atoms with Gasteiger partial charge < -0.3 is 35.6 Å². The largest absolute Gasteiger partial charge is 0.508 e. The minimum Gasteiger partial charge on any atom is -0.508 e. The van der Waals surface area contributed by atoms with Crippen LogP contribution in [-0.4, -0.2) is 62.0 Å². The van der Waals surface area contributed by atoms with Gasteiger partial charge in [-0.3, -0.25) is 0 Å².